The highest BCUT2D eigenvalue weighted by molar-refractivity contribution is 7.98. The molecule has 5 aromatic rings. The molecule has 362 valence electrons. The third-order valence-corrected chi connectivity index (χ3v) is 13.5. The van der Waals surface area contributed by atoms with Gasteiger partial charge in [-0.05, 0) is 78.1 Å². The summed E-state index contributed by atoms with van der Waals surface area (Å²) in [7, 11) is -4.93. The molecule has 0 unspecified atom stereocenters. The van der Waals surface area contributed by atoms with Crippen molar-refractivity contribution < 1.29 is 47.6 Å². The number of benzene rings is 4. The molecule has 1 aromatic heterocycles. The lowest BCUT2D eigenvalue weighted by molar-refractivity contribution is -0.131. The van der Waals surface area contributed by atoms with Crippen LogP contribution in [0.5, 0.6) is 5.75 Å². The van der Waals surface area contributed by atoms with Gasteiger partial charge < -0.3 is 36.1 Å². The van der Waals surface area contributed by atoms with Gasteiger partial charge in [0.05, 0.1) is 11.7 Å². The molecular formula is C49H58ClN6O10PS. The second-order valence-electron chi connectivity index (χ2n) is 17.3. The van der Waals surface area contributed by atoms with Gasteiger partial charge in [0.15, 0.2) is 11.6 Å². The van der Waals surface area contributed by atoms with E-state index in [1.165, 1.54) is 11.0 Å². The molecule has 8 N–H and O–H groups in total. The maximum Gasteiger partial charge on any atom is 0.524 e. The van der Waals surface area contributed by atoms with Crippen LogP contribution in [0.1, 0.15) is 89.4 Å². The Morgan fingerprint density at radius 3 is 2.28 bits per heavy atom. The van der Waals surface area contributed by atoms with E-state index in [-0.39, 0.29) is 96.7 Å². The summed E-state index contributed by atoms with van der Waals surface area (Å²) in [4.78, 5) is 102. The Balaban J connectivity index is 1.10. The number of nitrogens with zero attached hydrogens (tertiary/aromatic N) is 1. The minimum Gasteiger partial charge on any atom is -0.404 e. The van der Waals surface area contributed by atoms with E-state index in [0.717, 1.165) is 11.3 Å². The number of alkyl halides is 1. The van der Waals surface area contributed by atoms with Crippen molar-refractivity contribution in [2.45, 2.75) is 70.8 Å². The molecule has 5 amide bonds. The van der Waals surface area contributed by atoms with Gasteiger partial charge in [0, 0.05) is 90.3 Å². The summed E-state index contributed by atoms with van der Waals surface area (Å²) in [5.74, 6) is -0.838. The van der Waals surface area contributed by atoms with Gasteiger partial charge in [-0.3, -0.25) is 33.8 Å². The van der Waals surface area contributed by atoms with Gasteiger partial charge in [-0.2, -0.15) is 11.8 Å². The first kappa shape index (κ1) is 51.7. The van der Waals surface area contributed by atoms with Crippen LogP contribution >= 0.6 is 31.2 Å². The third kappa shape index (κ3) is 13.5. The second kappa shape index (κ2) is 23.5. The molecule has 0 aliphatic carbocycles. The largest absolute Gasteiger partial charge is 0.524 e. The number of anilines is 1. The number of aromatic amines is 1. The zero-order valence-corrected chi connectivity index (χ0v) is 40.7. The molecule has 0 fully saturated rings. The number of Topliss-reactive ketones (excluding diaryl/α,β-unsaturated/α-hetero) is 2. The number of phosphoric acid groups is 1. The predicted molar refractivity (Wildman–Crippen MR) is 266 cm³/mol. The first-order valence-electron chi connectivity index (χ1n) is 22.5. The number of primary amides is 1. The lowest BCUT2D eigenvalue weighted by atomic mass is 9.89. The summed E-state index contributed by atoms with van der Waals surface area (Å²) in [6.07, 6.45) is 4.23. The molecule has 4 aromatic carbocycles. The van der Waals surface area contributed by atoms with E-state index in [0.29, 0.717) is 76.3 Å². The zero-order valence-electron chi connectivity index (χ0n) is 38.2. The van der Waals surface area contributed by atoms with Gasteiger partial charge >= 0.3 is 13.9 Å². The van der Waals surface area contributed by atoms with Gasteiger partial charge in [-0.15, -0.1) is 11.6 Å². The van der Waals surface area contributed by atoms with E-state index < -0.39 is 19.9 Å². The number of carbonyl (C=O) groups excluding carboxylic acids is 6. The van der Waals surface area contributed by atoms with Crippen LogP contribution in [0, 0.1) is 11.8 Å². The molecule has 0 saturated heterocycles. The van der Waals surface area contributed by atoms with Crippen LogP contribution in [0.4, 0.5) is 10.5 Å². The molecule has 6 rings (SSSR count). The Labute approximate surface area is 404 Å². The number of hydrogen-bond donors (Lipinski definition) is 7. The van der Waals surface area contributed by atoms with Crippen molar-refractivity contribution in [3.8, 4) is 5.75 Å². The average Bonchev–Trinajstić information content (AvgIpc) is 3.90. The van der Waals surface area contributed by atoms with E-state index in [1.807, 2.05) is 26.2 Å². The maximum absolute atomic E-state index is 14.2. The second-order valence-corrected chi connectivity index (χ2v) is 19.8. The number of urea groups is 1. The fourth-order valence-corrected chi connectivity index (χ4v) is 9.67. The molecule has 0 radical (unpaired) electrons. The highest BCUT2D eigenvalue weighted by atomic mass is 35.5. The van der Waals surface area contributed by atoms with E-state index in [1.54, 1.807) is 78.5 Å². The molecule has 2 heterocycles. The van der Waals surface area contributed by atoms with Gasteiger partial charge in [0.2, 0.25) is 11.8 Å². The Bertz CT molecular complexity index is 2710. The summed E-state index contributed by atoms with van der Waals surface area (Å²) in [6.45, 7) is 4.80. The number of phosphoric ester groups is 1. The summed E-state index contributed by atoms with van der Waals surface area (Å²) in [6, 6.07) is 20.8. The van der Waals surface area contributed by atoms with E-state index in [9.17, 15) is 43.1 Å². The molecule has 0 spiro atoms. The molecule has 0 saturated carbocycles. The number of fused-ring (bicyclic) bond motifs is 4. The van der Waals surface area contributed by atoms with Crippen molar-refractivity contribution in [2.75, 3.05) is 42.4 Å². The van der Waals surface area contributed by atoms with Crippen LogP contribution in [-0.4, -0.2) is 93.7 Å². The number of carbonyl (C=O) groups is 6. The minimum absolute atomic E-state index is 0.00320. The monoisotopic (exact) mass is 988 g/mol. The number of rotatable bonds is 24. The van der Waals surface area contributed by atoms with Gasteiger partial charge in [0.1, 0.15) is 11.4 Å². The highest BCUT2D eigenvalue weighted by Gasteiger charge is 2.36. The van der Waals surface area contributed by atoms with Crippen LogP contribution in [0.3, 0.4) is 0 Å². The van der Waals surface area contributed by atoms with Gasteiger partial charge in [0.25, 0.3) is 5.91 Å². The van der Waals surface area contributed by atoms with Crippen LogP contribution in [0.25, 0.3) is 21.7 Å². The fourth-order valence-electron chi connectivity index (χ4n) is 8.62. The number of H-pyrrole nitrogens is 1. The molecule has 0 bridgehead atoms. The molecule has 1 aliphatic heterocycles. The predicted octanol–water partition coefficient (Wildman–Crippen LogP) is 7.17. The maximum atomic E-state index is 14.2. The molecule has 68 heavy (non-hydrogen) atoms. The lowest BCUT2D eigenvalue weighted by Gasteiger charge is -2.24. The summed E-state index contributed by atoms with van der Waals surface area (Å²) in [5.41, 5.74) is 9.17. The number of aromatic nitrogens is 1. The summed E-state index contributed by atoms with van der Waals surface area (Å²) in [5, 5.41) is 10.2. The first-order chi connectivity index (χ1) is 32.5. The van der Waals surface area contributed by atoms with Crippen molar-refractivity contribution in [1.82, 2.24) is 20.9 Å². The number of nitrogens with two attached hydrogens (primary N) is 1. The molecule has 19 heteroatoms. The number of nitrogens with one attached hydrogen (secondary N) is 4. The molecule has 1 aliphatic rings. The average molecular weight is 990 g/mol. The number of amides is 5. The van der Waals surface area contributed by atoms with Crippen molar-refractivity contribution in [3.05, 3.63) is 107 Å². The van der Waals surface area contributed by atoms with Crippen LogP contribution in [-0.2, 0) is 31.8 Å². The highest BCUT2D eigenvalue weighted by Crippen LogP contribution is 2.49. The van der Waals surface area contributed by atoms with Crippen molar-refractivity contribution in [2.24, 2.45) is 17.6 Å². The standard InChI is InChI=1S/C49H58ClN6O10PS/c1-29(2)35(10-6-19-52-45(59)18-21-68-3)47(60)55-39(11-7-20-53-49(51)62)43(58)23-30-12-15-32(16-13-30)42(57)24-31-14-17-38-33(22-31)25-40(54-38)48(61)56-28-34(27-50)46-37-9-5-4-8-36(37)44(26-41(46)56)66-67(63,64)65/h4-5,8-9,12-17,22,25-26,29,34-35,39,54H,6-7,10-11,18-21,23-24,27-28H2,1-3H3,(H,52,59)(H,55,60)(H3,51,53,62)(H2,63,64,65)/t34-,35+,39+/m1/s1. The summed E-state index contributed by atoms with van der Waals surface area (Å²) >= 11 is 8.01. The van der Waals surface area contributed by atoms with Crippen molar-refractivity contribution in [3.63, 3.8) is 0 Å². The van der Waals surface area contributed by atoms with E-state index >= 15 is 0 Å². The fraction of sp³-hybridized carbons (Fsp3) is 0.388. The van der Waals surface area contributed by atoms with Crippen LogP contribution in [0.15, 0.2) is 78.9 Å². The lowest BCUT2D eigenvalue weighted by Crippen LogP contribution is -2.46. The number of hydrogen-bond acceptors (Lipinski definition) is 9. The SMILES string of the molecule is CSCCC(=O)NCCC[C@H](C(=O)N[C@@H](CCCNC(N)=O)C(=O)Cc1ccc(C(=O)Cc2ccc3[nH]c(C(=O)N4C[C@@H](CCl)c5c4cc(OP(=O)(O)O)c4ccccc54)cc3c2)cc1)C(C)C. The van der Waals surface area contributed by atoms with Crippen molar-refractivity contribution >= 4 is 93.9 Å². The normalized spacial score (nSPS) is 14.4. The van der Waals surface area contributed by atoms with Crippen molar-refractivity contribution in [1.29, 1.82) is 0 Å². The zero-order chi connectivity index (χ0) is 49.1. The van der Waals surface area contributed by atoms with Crippen LogP contribution in [0.2, 0.25) is 0 Å². The molecular weight excluding hydrogens is 931 g/mol. The Morgan fingerprint density at radius 1 is 0.912 bits per heavy atom. The van der Waals surface area contributed by atoms with Crippen LogP contribution < -0.4 is 31.1 Å². The van der Waals surface area contributed by atoms with Gasteiger partial charge in [-0.25, -0.2) is 9.36 Å². The van der Waals surface area contributed by atoms with Gasteiger partial charge in [-0.1, -0.05) is 68.4 Å². The molecule has 16 nitrogen and oxygen atoms in total. The Morgan fingerprint density at radius 2 is 1.60 bits per heavy atom. The smallest absolute Gasteiger partial charge is 0.404 e. The Kier molecular flexibility index (Phi) is 17.9. The number of thioether (sulfide) groups is 1. The molecule has 3 atom stereocenters. The number of ketones is 2. The Hall–Kier alpha value is -5.71. The first-order valence-corrected chi connectivity index (χ1v) is 26.0. The summed E-state index contributed by atoms with van der Waals surface area (Å²) < 4.78 is 17.0. The van der Waals surface area contributed by atoms with E-state index in [4.69, 9.17) is 21.9 Å². The topological polar surface area (TPSA) is 250 Å². The minimum atomic E-state index is -4.93. The van der Waals surface area contributed by atoms with E-state index in [2.05, 4.69) is 20.9 Å². The number of halogens is 1. The third-order valence-electron chi connectivity index (χ3n) is 12.1. The quantitative estimate of drug-likeness (QED) is 0.0141.